The zero-order valence-electron chi connectivity index (χ0n) is 16.8. The van der Waals surface area contributed by atoms with Gasteiger partial charge in [-0.05, 0) is 54.6 Å². The van der Waals surface area contributed by atoms with Crippen LogP contribution in [0.5, 0.6) is 0 Å². The second kappa shape index (κ2) is 8.81. The van der Waals surface area contributed by atoms with Crippen LogP contribution >= 0.6 is 34.8 Å². The third kappa shape index (κ3) is 4.36. The zero-order chi connectivity index (χ0) is 24.8. The lowest BCUT2D eigenvalue weighted by Gasteiger charge is -2.44. The van der Waals surface area contributed by atoms with Gasteiger partial charge < -0.3 is 20.2 Å². The Balaban J connectivity index is 1.81. The molecule has 2 aromatic carbocycles. The number of urea groups is 1. The van der Waals surface area contributed by atoms with Crippen molar-refractivity contribution in [2.75, 3.05) is 0 Å². The molecule has 0 radical (unpaired) electrons. The highest BCUT2D eigenvalue weighted by Crippen LogP contribution is 2.45. The minimum Gasteiger partial charge on any atom is -0.459 e. The molecule has 0 bridgehead atoms. The molecule has 1 fully saturated rings. The van der Waals surface area contributed by atoms with E-state index in [1.807, 2.05) is 0 Å². The first kappa shape index (κ1) is 24.4. The summed E-state index contributed by atoms with van der Waals surface area (Å²) in [6.07, 6.45) is -5.39. The largest absolute Gasteiger partial charge is 0.459 e. The van der Waals surface area contributed by atoms with Gasteiger partial charge in [-0.1, -0.05) is 34.8 Å². The van der Waals surface area contributed by atoms with Crippen molar-refractivity contribution < 1.29 is 32.3 Å². The number of rotatable bonds is 4. The maximum absolute atomic E-state index is 14.0. The molecule has 0 aliphatic carbocycles. The number of ketones is 1. The fourth-order valence-corrected chi connectivity index (χ4v) is 4.12. The topological polar surface area (TPSA) is 91.6 Å². The first-order valence-corrected chi connectivity index (χ1v) is 10.8. The third-order valence-corrected chi connectivity index (χ3v) is 6.35. The number of hydrogen-bond donors (Lipinski definition) is 3. The van der Waals surface area contributed by atoms with Gasteiger partial charge in [0.05, 0.1) is 10.0 Å². The standard InChI is InChI=1S/C22H14Cl3F3N2O4/c23-12-4-1-10(2-5-12)19(31)17-18(29-20(32)30-21(17,33)22(26,27)28)16-8-7-15(34-16)11-3-6-13(24)14(25)9-11/h1-9,17-18,33H,(H2,29,30,32)/t17-,18-,21-/m0/s1. The van der Waals surface area contributed by atoms with E-state index in [0.717, 1.165) is 0 Å². The summed E-state index contributed by atoms with van der Waals surface area (Å²) in [6.45, 7) is 0. The van der Waals surface area contributed by atoms with Crippen molar-refractivity contribution in [1.29, 1.82) is 0 Å². The number of Topliss-reactive ketones (excluding diaryl/α,β-unsaturated/α-hetero) is 1. The number of furan rings is 1. The van der Waals surface area contributed by atoms with Gasteiger partial charge in [-0.15, -0.1) is 0 Å². The molecule has 0 saturated carbocycles. The first-order valence-electron chi connectivity index (χ1n) is 9.63. The predicted molar refractivity (Wildman–Crippen MR) is 119 cm³/mol. The molecule has 178 valence electrons. The van der Waals surface area contributed by atoms with Crippen LogP contribution in [-0.4, -0.2) is 28.8 Å². The fraction of sp³-hybridized carbons (Fsp3) is 0.182. The van der Waals surface area contributed by atoms with Gasteiger partial charge in [0.2, 0.25) is 5.72 Å². The number of carbonyl (C=O) groups is 2. The van der Waals surface area contributed by atoms with Crippen molar-refractivity contribution in [3.63, 3.8) is 0 Å². The average molecular weight is 534 g/mol. The molecule has 2 amide bonds. The molecule has 1 aliphatic heterocycles. The highest BCUT2D eigenvalue weighted by atomic mass is 35.5. The molecule has 1 aromatic heterocycles. The quantitative estimate of drug-likeness (QED) is 0.358. The van der Waals surface area contributed by atoms with E-state index in [-0.39, 0.29) is 32.2 Å². The highest BCUT2D eigenvalue weighted by molar-refractivity contribution is 6.42. The van der Waals surface area contributed by atoms with E-state index in [1.54, 1.807) is 6.07 Å². The lowest BCUT2D eigenvalue weighted by molar-refractivity contribution is -0.288. The van der Waals surface area contributed by atoms with Gasteiger partial charge in [0.15, 0.2) is 5.78 Å². The lowest BCUT2D eigenvalue weighted by Crippen LogP contribution is -2.72. The highest BCUT2D eigenvalue weighted by Gasteiger charge is 2.66. The van der Waals surface area contributed by atoms with Crippen LogP contribution in [0.2, 0.25) is 15.1 Å². The Morgan fingerprint density at radius 3 is 2.29 bits per heavy atom. The Kier molecular flexibility index (Phi) is 6.32. The van der Waals surface area contributed by atoms with E-state index in [2.05, 4.69) is 5.32 Å². The van der Waals surface area contributed by atoms with Crippen LogP contribution in [0.4, 0.5) is 18.0 Å². The van der Waals surface area contributed by atoms with Crippen LogP contribution in [0.3, 0.4) is 0 Å². The predicted octanol–water partition coefficient (Wildman–Crippen LogP) is 6.01. The van der Waals surface area contributed by atoms with Crippen molar-refractivity contribution in [3.8, 4) is 11.3 Å². The van der Waals surface area contributed by atoms with E-state index in [9.17, 15) is 27.9 Å². The van der Waals surface area contributed by atoms with Gasteiger partial charge in [-0.3, -0.25) is 4.79 Å². The van der Waals surface area contributed by atoms with Gasteiger partial charge in [-0.2, -0.15) is 13.2 Å². The molecule has 4 rings (SSSR count). The Morgan fingerprint density at radius 2 is 1.68 bits per heavy atom. The molecular weight excluding hydrogens is 520 g/mol. The second-order valence-corrected chi connectivity index (χ2v) is 8.77. The van der Waals surface area contributed by atoms with E-state index in [0.29, 0.717) is 5.56 Å². The zero-order valence-corrected chi connectivity index (χ0v) is 19.1. The molecule has 6 nitrogen and oxygen atoms in total. The van der Waals surface area contributed by atoms with Crippen LogP contribution < -0.4 is 10.6 Å². The molecular formula is C22H14Cl3F3N2O4. The Labute approximate surface area is 205 Å². The van der Waals surface area contributed by atoms with E-state index in [4.69, 9.17) is 39.2 Å². The summed E-state index contributed by atoms with van der Waals surface area (Å²) >= 11 is 17.7. The Hall–Kier alpha value is -2.72. The first-order chi connectivity index (χ1) is 15.9. The Bertz CT molecular complexity index is 1260. The van der Waals surface area contributed by atoms with Crippen molar-refractivity contribution in [2.24, 2.45) is 5.92 Å². The number of amides is 2. The maximum Gasteiger partial charge on any atom is 0.437 e. The number of alkyl halides is 3. The molecule has 0 spiro atoms. The number of nitrogens with one attached hydrogen (secondary N) is 2. The van der Waals surface area contributed by atoms with Gasteiger partial charge in [-0.25, -0.2) is 4.79 Å². The molecule has 3 N–H and O–H groups in total. The van der Waals surface area contributed by atoms with Crippen LogP contribution in [0.15, 0.2) is 59.0 Å². The van der Waals surface area contributed by atoms with Gasteiger partial charge >= 0.3 is 12.2 Å². The van der Waals surface area contributed by atoms with Crippen LogP contribution in [0.25, 0.3) is 11.3 Å². The van der Waals surface area contributed by atoms with Crippen molar-refractivity contribution in [2.45, 2.75) is 17.9 Å². The second-order valence-electron chi connectivity index (χ2n) is 7.52. The van der Waals surface area contributed by atoms with Crippen LogP contribution in [0.1, 0.15) is 22.2 Å². The molecule has 3 aromatic rings. The number of halogens is 6. The summed E-state index contributed by atoms with van der Waals surface area (Å²) in [6, 6.07) is 9.36. The van der Waals surface area contributed by atoms with Crippen LogP contribution in [0, 0.1) is 5.92 Å². The summed E-state index contributed by atoms with van der Waals surface area (Å²) < 4.78 is 47.7. The number of benzene rings is 2. The van der Waals surface area contributed by atoms with Gasteiger partial charge in [0, 0.05) is 16.1 Å². The minimum absolute atomic E-state index is 0.156. The molecule has 3 atom stereocenters. The van der Waals surface area contributed by atoms with E-state index in [1.165, 1.54) is 53.8 Å². The summed E-state index contributed by atoms with van der Waals surface area (Å²) in [7, 11) is 0. The Morgan fingerprint density at radius 1 is 1.00 bits per heavy atom. The number of hydrogen-bond acceptors (Lipinski definition) is 4. The maximum atomic E-state index is 14.0. The monoisotopic (exact) mass is 532 g/mol. The molecule has 2 heterocycles. The molecule has 1 aliphatic rings. The third-order valence-electron chi connectivity index (χ3n) is 5.35. The summed E-state index contributed by atoms with van der Waals surface area (Å²) in [4.78, 5) is 25.4. The number of carbonyl (C=O) groups excluding carboxylic acids is 2. The molecule has 34 heavy (non-hydrogen) atoms. The van der Waals surface area contributed by atoms with E-state index < -0.39 is 35.7 Å². The molecule has 12 heteroatoms. The van der Waals surface area contributed by atoms with Crippen LogP contribution in [-0.2, 0) is 0 Å². The molecule has 1 saturated heterocycles. The van der Waals surface area contributed by atoms with Crippen molar-refractivity contribution in [3.05, 3.63) is 81.0 Å². The van der Waals surface area contributed by atoms with Crippen molar-refractivity contribution >= 4 is 46.6 Å². The minimum atomic E-state index is -5.39. The average Bonchev–Trinajstić information content (AvgIpc) is 3.25. The summed E-state index contributed by atoms with van der Waals surface area (Å²) in [5, 5.41) is 15.1. The van der Waals surface area contributed by atoms with Crippen molar-refractivity contribution in [1.82, 2.24) is 10.6 Å². The van der Waals surface area contributed by atoms with E-state index >= 15 is 0 Å². The molecule has 0 unspecified atom stereocenters. The number of aliphatic hydroxyl groups is 1. The summed E-state index contributed by atoms with van der Waals surface area (Å²) in [5.41, 5.74) is -3.59. The lowest BCUT2D eigenvalue weighted by atomic mass is 9.79. The fourth-order valence-electron chi connectivity index (χ4n) is 3.69. The van der Waals surface area contributed by atoms with Gasteiger partial charge in [0.1, 0.15) is 23.5 Å². The van der Waals surface area contributed by atoms with Gasteiger partial charge in [0.25, 0.3) is 0 Å². The summed E-state index contributed by atoms with van der Waals surface area (Å²) in [5.74, 6) is -3.33. The SMILES string of the molecule is O=C1N[C@@H](c2ccc(-c3ccc(Cl)c(Cl)c3)o2)[C@@H](C(=O)c2ccc(Cl)cc2)[C@](O)(C(F)(F)F)N1. The normalized spacial score (nSPS) is 22.7. The smallest absolute Gasteiger partial charge is 0.437 e.